The largest absolute Gasteiger partial charge is 0.383 e. The summed E-state index contributed by atoms with van der Waals surface area (Å²) in [6.07, 6.45) is 4.91. The van der Waals surface area contributed by atoms with Gasteiger partial charge in [0.25, 0.3) is 0 Å². The Bertz CT molecular complexity index is 427. The second kappa shape index (κ2) is 5.72. The van der Waals surface area contributed by atoms with E-state index in [0.717, 1.165) is 18.9 Å². The highest BCUT2D eigenvalue weighted by atomic mass is 32.2. The molecule has 0 bridgehead atoms. The van der Waals surface area contributed by atoms with Crippen molar-refractivity contribution in [3.8, 4) is 0 Å². The van der Waals surface area contributed by atoms with Crippen LogP contribution in [0.15, 0.2) is 0 Å². The lowest BCUT2D eigenvalue weighted by atomic mass is 9.97. The second-order valence-electron chi connectivity index (χ2n) is 5.57. The van der Waals surface area contributed by atoms with E-state index < -0.39 is 0 Å². The monoisotopic (exact) mass is 298 g/mol. The van der Waals surface area contributed by atoms with Crippen LogP contribution in [-0.4, -0.2) is 36.2 Å². The maximum absolute atomic E-state index is 5.18. The van der Waals surface area contributed by atoms with Crippen LogP contribution in [0.1, 0.15) is 35.3 Å². The molecule has 2 aliphatic rings. The molecule has 106 valence electrons. The lowest BCUT2D eigenvalue weighted by Crippen LogP contribution is -2.44. The molecule has 5 heteroatoms. The molecule has 0 radical (unpaired) electrons. The summed E-state index contributed by atoms with van der Waals surface area (Å²) in [4.78, 5) is 6.49. The average molecular weight is 298 g/mol. The van der Waals surface area contributed by atoms with Gasteiger partial charge in [0.1, 0.15) is 5.01 Å². The fourth-order valence-corrected chi connectivity index (χ4v) is 5.77. The summed E-state index contributed by atoms with van der Waals surface area (Å²) >= 11 is 4.01. The summed E-state index contributed by atoms with van der Waals surface area (Å²) in [5, 5.41) is 5.77. The maximum Gasteiger partial charge on any atom is 0.114 e. The van der Waals surface area contributed by atoms with Crippen molar-refractivity contribution in [3.63, 3.8) is 0 Å². The molecule has 1 N–H and O–H groups in total. The van der Waals surface area contributed by atoms with E-state index >= 15 is 0 Å². The Morgan fingerprint density at radius 2 is 2.37 bits per heavy atom. The molecule has 2 heterocycles. The lowest BCUT2D eigenvalue weighted by molar-refractivity contribution is 0.186. The summed E-state index contributed by atoms with van der Waals surface area (Å²) in [6, 6.07) is 0. The molecule has 2 atom stereocenters. The SMILES string of the molecule is COCCNC1(c2nc3c(s2)CCC3)CSC(C)C1. The lowest BCUT2D eigenvalue weighted by Gasteiger charge is -2.28. The molecular weight excluding hydrogens is 276 g/mol. The molecule has 2 unspecified atom stereocenters. The van der Waals surface area contributed by atoms with E-state index in [1.807, 2.05) is 11.3 Å². The number of hydrogen-bond donors (Lipinski definition) is 1. The highest BCUT2D eigenvalue weighted by Crippen LogP contribution is 2.44. The number of nitrogens with zero attached hydrogens (tertiary/aromatic N) is 1. The highest BCUT2D eigenvalue weighted by molar-refractivity contribution is 8.00. The summed E-state index contributed by atoms with van der Waals surface area (Å²) < 4.78 is 5.18. The molecule has 1 aliphatic carbocycles. The number of aromatic nitrogens is 1. The molecule has 0 amide bonds. The minimum absolute atomic E-state index is 0.0949. The van der Waals surface area contributed by atoms with Gasteiger partial charge in [-0.2, -0.15) is 11.8 Å². The van der Waals surface area contributed by atoms with Gasteiger partial charge in [-0.3, -0.25) is 0 Å². The van der Waals surface area contributed by atoms with Crippen LogP contribution in [0.5, 0.6) is 0 Å². The zero-order valence-electron chi connectivity index (χ0n) is 11.7. The van der Waals surface area contributed by atoms with Gasteiger partial charge in [0.15, 0.2) is 0 Å². The first-order valence-corrected chi connectivity index (χ1v) is 8.95. The molecule has 3 nitrogen and oxygen atoms in total. The Morgan fingerprint density at radius 3 is 3.05 bits per heavy atom. The second-order valence-corrected chi connectivity index (χ2v) is 8.08. The summed E-state index contributed by atoms with van der Waals surface area (Å²) in [7, 11) is 1.76. The van der Waals surface area contributed by atoms with Crippen LogP contribution in [-0.2, 0) is 23.1 Å². The smallest absolute Gasteiger partial charge is 0.114 e. The Labute approximate surface area is 123 Å². The predicted molar refractivity (Wildman–Crippen MR) is 82.2 cm³/mol. The van der Waals surface area contributed by atoms with Crippen molar-refractivity contribution in [1.29, 1.82) is 0 Å². The van der Waals surface area contributed by atoms with Gasteiger partial charge in [-0.15, -0.1) is 11.3 Å². The van der Waals surface area contributed by atoms with Crippen molar-refractivity contribution < 1.29 is 4.74 Å². The standard InChI is InChI=1S/C14H22N2OS2/c1-10-8-14(9-18-10,15-6-7-17-2)13-16-11-4-3-5-12(11)19-13/h10,15H,3-9H2,1-2H3. The van der Waals surface area contributed by atoms with E-state index in [1.54, 1.807) is 7.11 Å². The van der Waals surface area contributed by atoms with E-state index in [0.29, 0.717) is 5.25 Å². The number of nitrogens with one attached hydrogen (secondary N) is 1. The molecule has 1 aromatic heterocycles. The molecule has 0 spiro atoms. The van der Waals surface area contributed by atoms with Gasteiger partial charge in [-0.25, -0.2) is 4.98 Å². The minimum Gasteiger partial charge on any atom is -0.383 e. The fraction of sp³-hybridized carbons (Fsp3) is 0.786. The first-order valence-electron chi connectivity index (χ1n) is 7.08. The van der Waals surface area contributed by atoms with Crippen LogP contribution in [0.2, 0.25) is 0 Å². The van der Waals surface area contributed by atoms with Crippen LogP contribution in [0, 0.1) is 0 Å². The van der Waals surface area contributed by atoms with Crippen LogP contribution in [0.25, 0.3) is 0 Å². The van der Waals surface area contributed by atoms with Crippen molar-refractivity contribution >= 4 is 23.1 Å². The summed E-state index contributed by atoms with van der Waals surface area (Å²) in [6.45, 7) is 4.01. The maximum atomic E-state index is 5.18. The van der Waals surface area contributed by atoms with Gasteiger partial charge >= 0.3 is 0 Å². The van der Waals surface area contributed by atoms with Crippen molar-refractivity contribution in [2.24, 2.45) is 0 Å². The van der Waals surface area contributed by atoms with E-state index in [-0.39, 0.29) is 5.54 Å². The van der Waals surface area contributed by atoms with Gasteiger partial charge in [-0.05, 0) is 25.7 Å². The molecule has 0 aromatic carbocycles. The molecule has 1 aliphatic heterocycles. The molecule has 1 aromatic rings. The Kier molecular flexibility index (Phi) is 4.17. The predicted octanol–water partition coefficient (Wildman–Crippen LogP) is 2.59. The van der Waals surface area contributed by atoms with Crippen LogP contribution in [0.3, 0.4) is 0 Å². The van der Waals surface area contributed by atoms with E-state index in [2.05, 4.69) is 24.0 Å². The van der Waals surface area contributed by atoms with Crippen molar-refractivity contribution in [2.75, 3.05) is 26.0 Å². The topological polar surface area (TPSA) is 34.1 Å². The number of thiazole rings is 1. The number of ether oxygens (including phenoxy) is 1. The zero-order chi connectivity index (χ0) is 13.3. The van der Waals surface area contributed by atoms with Crippen molar-refractivity contribution in [1.82, 2.24) is 10.3 Å². The first-order chi connectivity index (χ1) is 9.23. The molecule has 1 fully saturated rings. The van der Waals surface area contributed by atoms with E-state index in [1.165, 1.54) is 41.3 Å². The molecule has 1 saturated heterocycles. The van der Waals surface area contributed by atoms with E-state index in [4.69, 9.17) is 9.72 Å². The molecule has 19 heavy (non-hydrogen) atoms. The van der Waals surface area contributed by atoms with Gasteiger partial charge < -0.3 is 10.1 Å². The Balaban J connectivity index is 1.81. The molecular formula is C14H22N2OS2. The van der Waals surface area contributed by atoms with Crippen LogP contribution >= 0.6 is 23.1 Å². The fourth-order valence-electron chi connectivity index (χ4n) is 3.03. The number of thioether (sulfide) groups is 1. The third-order valence-electron chi connectivity index (χ3n) is 4.02. The minimum atomic E-state index is 0.0949. The average Bonchev–Trinajstić information content (AvgIpc) is 3.03. The highest BCUT2D eigenvalue weighted by Gasteiger charge is 2.42. The van der Waals surface area contributed by atoms with Crippen molar-refractivity contribution in [3.05, 3.63) is 15.6 Å². The Hall–Kier alpha value is -0.100. The van der Waals surface area contributed by atoms with Gasteiger partial charge in [-0.1, -0.05) is 6.92 Å². The van der Waals surface area contributed by atoms with Crippen LogP contribution in [0.4, 0.5) is 0 Å². The summed E-state index contributed by atoms with van der Waals surface area (Å²) in [5.41, 5.74) is 1.47. The van der Waals surface area contributed by atoms with Gasteiger partial charge in [0.2, 0.25) is 0 Å². The van der Waals surface area contributed by atoms with E-state index in [9.17, 15) is 0 Å². The van der Waals surface area contributed by atoms with Gasteiger partial charge in [0.05, 0.1) is 17.8 Å². The molecule has 0 saturated carbocycles. The first kappa shape index (κ1) is 13.9. The van der Waals surface area contributed by atoms with Crippen LogP contribution < -0.4 is 5.32 Å². The number of hydrogen-bond acceptors (Lipinski definition) is 5. The van der Waals surface area contributed by atoms with Gasteiger partial charge in [0, 0.05) is 29.5 Å². The quantitative estimate of drug-likeness (QED) is 0.847. The number of rotatable bonds is 5. The normalized spacial score (nSPS) is 29.9. The van der Waals surface area contributed by atoms with Crippen molar-refractivity contribution in [2.45, 2.75) is 43.4 Å². The number of aryl methyl sites for hydroxylation is 2. The number of fused-ring (bicyclic) bond motifs is 1. The third kappa shape index (κ3) is 2.71. The summed E-state index contributed by atoms with van der Waals surface area (Å²) in [5.74, 6) is 1.14. The zero-order valence-corrected chi connectivity index (χ0v) is 13.3. The number of methoxy groups -OCH3 is 1. The molecule has 3 rings (SSSR count). The Morgan fingerprint density at radius 1 is 1.47 bits per heavy atom. The third-order valence-corrected chi connectivity index (χ3v) is 6.78.